The maximum Gasteiger partial charge on any atom is 0.238 e. The minimum atomic E-state index is -3.45. The normalized spacial score (nSPS) is 19.2. The van der Waals surface area contributed by atoms with Crippen LogP contribution in [0.15, 0.2) is 24.5 Å². The highest BCUT2D eigenvalue weighted by atomic mass is 35.7. The zero-order chi connectivity index (χ0) is 10.2. The van der Waals surface area contributed by atoms with Crippen molar-refractivity contribution >= 4 is 19.7 Å². The van der Waals surface area contributed by atoms with E-state index in [-0.39, 0.29) is 0 Å². The lowest BCUT2D eigenvalue weighted by Crippen LogP contribution is -2.20. The van der Waals surface area contributed by atoms with Crippen molar-refractivity contribution in [3.63, 3.8) is 0 Å². The van der Waals surface area contributed by atoms with E-state index in [1.807, 2.05) is 6.07 Å². The summed E-state index contributed by atoms with van der Waals surface area (Å²) < 4.78 is 21.8. The Bertz CT molecular complexity index is 425. The predicted octanol–water partition coefficient (Wildman–Crippen LogP) is 1.73. The summed E-state index contributed by atoms with van der Waals surface area (Å²) in [5, 5.41) is 0. The van der Waals surface area contributed by atoms with Crippen LogP contribution in [-0.4, -0.2) is 18.1 Å². The number of hydrogen-bond donors (Lipinski definition) is 0. The van der Waals surface area contributed by atoms with Gasteiger partial charge < -0.3 is 0 Å². The monoisotopic (exact) mass is 231 g/mol. The average molecular weight is 232 g/mol. The van der Waals surface area contributed by atoms with Crippen LogP contribution in [0.5, 0.6) is 0 Å². The molecule has 1 aliphatic rings. The van der Waals surface area contributed by atoms with Crippen molar-refractivity contribution in [2.24, 2.45) is 0 Å². The topological polar surface area (TPSA) is 47.0 Å². The van der Waals surface area contributed by atoms with Crippen molar-refractivity contribution in [3.8, 4) is 0 Å². The summed E-state index contributed by atoms with van der Waals surface area (Å²) in [6.07, 6.45) is 5.15. The second kappa shape index (κ2) is 3.21. The summed E-state index contributed by atoms with van der Waals surface area (Å²) in [6, 6.07) is 3.67. The molecule has 0 amide bonds. The highest BCUT2D eigenvalue weighted by Gasteiger charge is 2.53. The first-order valence-corrected chi connectivity index (χ1v) is 6.68. The number of halogens is 1. The van der Waals surface area contributed by atoms with Gasteiger partial charge in [0.25, 0.3) is 0 Å². The maximum atomic E-state index is 11.3. The Morgan fingerprint density at radius 1 is 1.50 bits per heavy atom. The van der Waals surface area contributed by atoms with Gasteiger partial charge in [-0.3, -0.25) is 4.98 Å². The molecular formula is C9H10ClNO2S. The summed E-state index contributed by atoms with van der Waals surface area (Å²) in [7, 11) is 1.94. The summed E-state index contributed by atoms with van der Waals surface area (Å²) >= 11 is 0. The van der Waals surface area contributed by atoms with Gasteiger partial charge in [0.05, 0.1) is 4.75 Å². The van der Waals surface area contributed by atoms with Gasteiger partial charge in [-0.2, -0.15) is 0 Å². The van der Waals surface area contributed by atoms with Gasteiger partial charge in [0.15, 0.2) is 0 Å². The molecule has 0 unspecified atom stereocenters. The molecule has 1 aromatic rings. The Hall–Kier alpha value is -0.610. The number of aromatic nitrogens is 1. The zero-order valence-corrected chi connectivity index (χ0v) is 9.05. The molecule has 1 aliphatic carbocycles. The van der Waals surface area contributed by atoms with Gasteiger partial charge in [0, 0.05) is 23.1 Å². The average Bonchev–Trinajstić information content (AvgIpc) is 2.86. The van der Waals surface area contributed by atoms with E-state index < -0.39 is 13.8 Å². The van der Waals surface area contributed by atoms with Crippen molar-refractivity contribution in [1.29, 1.82) is 0 Å². The van der Waals surface area contributed by atoms with E-state index in [0.717, 1.165) is 5.56 Å². The third kappa shape index (κ3) is 1.77. The van der Waals surface area contributed by atoms with Crippen LogP contribution in [0.2, 0.25) is 0 Å². The van der Waals surface area contributed by atoms with Crippen molar-refractivity contribution in [2.45, 2.75) is 24.0 Å². The standard InChI is InChI=1S/C9H10ClNO2S/c10-14(12,13)9(3-4-9)6-8-2-1-5-11-7-8/h1-2,5,7H,3-4,6H2. The Labute approximate surface area is 87.5 Å². The van der Waals surface area contributed by atoms with Crippen LogP contribution in [0.4, 0.5) is 0 Å². The van der Waals surface area contributed by atoms with E-state index in [1.165, 1.54) is 0 Å². The van der Waals surface area contributed by atoms with E-state index in [9.17, 15) is 8.42 Å². The predicted molar refractivity (Wildman–Crippen MR) is 54.7 cm³/mol. The fraction of sp³-hybridized carbons (Fsp3) is 0.444. The van der Waals surface area contributed by atoms with E-state index >= 15 is 0 Å². The molecule has 0 radical (unpaired) electrons. The minimum Gasteiger partial charge on any atom is -0.264 e. The van der Waals surface area contributed by atoms with Crippen LogP contribution in [-0.2, 0) is 15.5 Å². The van der Waals surface area contributed by atoms with Gasteiger partial charge in [-0.1, -0.05) is 6.07 Å². The number of pyridine rings is 1. The van der Waals surface area contributed by atoms with Gasteiger partial charge in [-0.15, -0.1) is 0 Å². The van der Waals surface area contributed by atoms with Crippen LogP contribution < -0.4 is 0 Å². The first-order valence-electron chi connectivity index (χ1n) is 4.37. The van der Waals surface area contributed by atoms with Crippen molar-refractivity contribution in [2.75, 3.05) is 0 Å². The summed E-state index contributed by atoms with van der Waals surface area (Å²) in [5.41, 5.74) is 0.925. The van der Waals surface area contributed by atoms with E-state index in [0.29, 0.717) is 19.3 Å². The second-order valence-corrected chi connectivity index (χ2v) is 6.62. The van der Waals surface area contributed by atoms with Gasteiger partial charge in [0.1, 0.15) is 0 Å². The smallest absolute Gasteiger partial charge is 0.238 e. The molecule has 0 atom stereocenters. The quantitative estimate of drug-likeness (QED) is 0.745. The van der Waals surface area contributed by atoms with Crippen LogP contribution in [0.25, 0.3) is 0 Å². The Kier molecular flexibility index (Phi) is 2.27. The minimum absolute atomic E-state index is 0.479. The van der Waals surface area contributed by atoms with Crippen molar-refractivity contribution in [1.82, 2.24) is 4.98 Å². The third-order valence-corrected chi connectivity index (χ3v) is 5.14. The van der Waals surface area contributed by atoms with Crippen LogP contribution >= 0.6 is 10.7 Å². The summed E-state index contributed by atoms with van der Waals surface area (Å²) in [4.78, 5) is 3.94. The number of hydrogen-bond acceptors (Lipinski definition) is 3. The van der Waals surface area contributed by atoms with Crippen molar-refractivity contribution in [3.05, 3.63) is 30.1 Å². The van der Waals surface area contributed by atoms with Gasteiger partial charge in [-0.05, 0) is 30.9 Å². The molecule has 1 fully saturated rings. The molecule has 5 heteroatoms. The molecule has 0 spiro atoms. The van der Waals surface area contributed by atoms with E-state index in [2.05, 4.69) is 4.98 Å². The molecule has 0 saturated heterocycles. The first-order chi connectivity index (χ1) is 6.54. The van der Waals surface area contributed by atoms with E-state index in [4.69, 9.17) is 10.7 Å². The van der Waals surface area contributed by atoms with E-state index in [1.54, 1.807) is 18.5 Å². The molecule has 0 aromatic carbocycles. The third-order valence-electron chi connectivity index (χ3n) is 2.57. The molecule has 14 heavy (non-hydrogen) atoms. The lowest BCUT2D eigenvalue weighted by Gasteiger charge is -2.10. The molecule has 2 rings (SSSR count). The molecule has 0 aliphatic heterocycles. The molecular weight excluding hydrogens is 222 g/mol. The molecule has 3 nitrogen and oxygen atoms in total. The number of nitrogens with zero attached hydrogens (tertiary/aromatic N) is 1. The Morgan fingerprint density at radius 2 is 2.21 bits per heavy atom. The van der Waals surface area contributed by atoms with Crippen LogP contribution in [0.1, 0.15) is 18.4 Å². The SMILES string of the molecule is O=S(=O)(Cl)C1(Cc2cccnc2)CC1. The van der Waals surface area contributed by atoms with Gasteiger partial charge >= 0.3 is 0 Å². The molecule has 1 aromatic heterocycles. The Morgan fingerprint density at radius 3 is 2.64 bits per heavy atom. The fourth-order valence-electron chi connectivity index (χ4n) is 1.52. The van der Waals surface area contributed by atoms with Gasteiger partial charge in [0.2, 0.25) is 9.05 Å². The number of rotatable bonds is 3. The molecule has 76 valence electrons. The lowest BCUT2D eigenvalue weighted by atomic mass is 10.1. The van der Waals surface area contributed by atoms with Crippen LogP contribution in [0, 0.1) is 0 Å². The second-order valence-electron chi connectivity index (χ2n) is 3.66. The summed E-state index contributed by atoms with van der Waals surface area (Å²) in [6.45, 7) is 0. The molecule has 0 bridgehead atoms. The molecule has 0 N–H and O–H groups in total. The first kappa shape index (κ1) is 9.93. The highest BCUT2D eigenvalue weighted by Crippen LogP contribution is 2.47. The lowest BCUT2D eigenvalue weighted by molar-refractivity contribution is 0.590. The molecule has 1 saturated carbocycles. The van der Waals surface area contributed by atoms with Crippen LogP contribution in [0.3, 0.4) is 0 Å². The Balaban J connectivity index is 2.21. The van der Waals surface area contributed by atoms with Crippen molar-refractivity contribution < 1.29 is 8.42 Å². The fourth-order valence-corrected chi connectivity index (χ4v) is 3.08. The summed E-state index contributed by atoms with van der Waals surface area (Å²) in [5.74, 6) is 0. The maximum absolute atomic E-state index is 11.3. The highest BCUT2D eigenvalue weighted by molar-refractivity contribution is 8.15. The van der Waals surface area contributed by atoms with Gasteiger partial charge in [-0.25, -0.2) is 8.42 Å². The largest absolute Gasteiger partial charge is 0.264 e. The zero-order valence-electron chi connectivity index (χ0n) is 7.48. The molecule has 1 heterocycles.